The molecule has 0 aromatic heterocycles. The molecule has 5 heteroatoms. The van der Waals surface area contributed by atoms with E-state index in [1.165, 1.54) is 5.56 Å². The fourth-order valence-corrected chi connectivity index (χ4v) is 2.72. The number of benzene rings is 1. The van der Waals surface area contributed by atoms with E-state index in [4.69, 9.17) is 5.73 Å². The Hall–Kier alpha value is -1.88. The van der Waals surface area contributed by atoms with Crippen LogP contribution in [-0.2, 0) is 16.0 Å². The van der Waals surface area contributed by atoms with Crippen molar-refractivity contribution >= 4 is 11.8 Å². The van der Waals surface area contributed by atoms with Crippen molar-refractivity contribution < 1.29 is 9.59 Å². The third-order valence-electron chi connectivity index (χ3n) is 4.01. The van der Waals surface area contributed by atoms with Gasteiger partial charge in [0.15, 0.2) is 0 Å². The van der Waals surface area contributed by atoms with Crippen molar-refractivity contribution in [2.75, 3.05) is 32.7 Å². The Bertz CT molecular complexity index is 490. The molecule has 1 saturated heterocycles. The van der Waals surface area contributed by atoms with E-state index in [-0.39, 0.29) is 18.4 Å². The van der Waals surface area contributed by atoms with Crippen molar-refractivity contribution in [3.05, 3.63) is 35.9 Å². The topological polar surface area (TPSA) is 66.6 Å². The van der Waals surface area contributed by atoms with Gasteiger partial charge in [-0.1, -0.05) is 30.3 Å². The molecular formula is C17H25N3O2. The van der Waals surface area contributed by atoms with E-state index in [9.17, 15) is 9.59 Å². The van der Waals surface area contributed by atoms with Gasteiger partial charge in [0.25, 0.3) is 0 Å². The first-order valence-corrected chi connectivity index (χ1v) is 8.00. The molecule has 5 nitrogen and oxygen atoms in total. The van der Waals surface area contributed by atoms with E-state index in [1.54, 1.807) is 9.80 Å². The predicted octanol–water partition coefficient (Wildman–Crippen LogP) is 1.03. The largest absolute Gasteiger partial charge is 0.340 e. The maximum Gasteiger partial charge on any atom is 0.242 e. The molecule has 0 saturated carbocycles. The number of nitrogens with zero attached hydrogens (tertiary/aromatic N) is 2. The Morgan fingerprint density at radius 2 is 1.95 bits per heavy atom. The van der Waals surface area contributed by atoms with E-state index < -0.39 is 0 Å². The van der Waals surface area contributed by atoms with Crippen LogP contribution in [0.1, 0.15) is 24.8 Å². The summed E-state index contributed by atoms with van der Waals surface area (Å²) in [4.78, 5) is 27.7. The van der Waals surface area contributed by atoms with Crippen LogP contribution in [0.2, 0.25) is 0 Å². The van der Waals surface area contributed by atoms with Gasteiger partial charge < -0.3 is 15.5 Å². The number of carbonyl (C=O) groups excluding carboxylic acids is 2. The second kappa shape index (κ2) is 8.54. The molecule has 1 fully saturated rings. The van der Waals surface area contributed by atoms with E-state index >= 15 is 0 Å². The van der Waals surface area contributed by atoms with Crippen LogP contribution in [0.4, 0.5) is 0 Å². The van der Waals surface area contributed by atoms with E-state index in [2.05, 4.69) is 12.1 Å². The monoisotopic (exact) mass is 303 g/mol. The van der Waals surface area contributed by atoms with Gasteiger partial charge in [0.05, 0.1) is 6.54 Å². The lowest BCUT2D eigenvalue weighted by Gasteiger charge is -2.29. The second-order valence-electron chi connectivity index (χ2n) is 5.68. The van der Waals surface area contributed by atoms with Gasteiger partial charge in [-0.3, -0.25) is 9.59 Å². The minimum absolute atomic E-state index is 0.00312. The summed E-state index contributed by atoms with van der Waals surface area (Å²) < 4.78 is 0. The summed E-state index contributed by atoms with van der Waals surface area (Å²) in [5.74, 6) is 0.0898. The average Bonchev–Trinajstić information content (AvgIpc) is 2.54. The SMILES string of the molecule is NCCN(CCc1ccccc1)C(=O)CN1CCCCC1=O. The minimum atomic E-state index is -0.00312. The zero-order valence-electron chi connectivity index (χ0n) is 13.0. The summed E-state index contributed by atoms with van der Waals surface area (Å²) in [6.45, 7) is 2.50. The Morgan fingerprint density at radius 3 is 2.64 bits per heavy atom. The molecule has 2 rings (SSSR count). The molecule has 1 aliphatic rings. The van der Waals surface area contributed by atoms with Crippen LogP contribution in [0, 0.1) is 0 Å². The molecule has 0 radical (unpaired) electrons. The number of piperidine rings is 1. The van der Waals surface area contributed by atoms with Gasteiger partial charge >= 0.3 is 0 Å². The summed E-state index contributed by atoms with van der Waals surface area (Å²) in [6, 6.07) is 10.1. The average molecular weight is 303 g/mol. The van der Waals surface area contributed by atoms with Gasteiger partial charge in [-0.25, -0.2) is 0 Å². The summed E-state index contributed by atoms with van der Waals surface area (Å²) in [6.07, 6.45) is 3.29. The first kappa shape index (κ1) is 16.5. The number of nitrogens with two attached hydrogens (primary N) is 1. The van der Waals surface area contributed by atoms with Crippen LogP contribution >= 0.6 is 0 Å². The number of rotatable bonds is 7. The summed E-state index contributed by atoms with van der Waals surface area (Å²) in [7, 11) is 0. The highest BCUT2D eigenvalue weighted by atomic mass is 16.2. The number of amides is 2. The van der Waals surface area contributed by atoms with Gasteiger partial charge in [0.2, 0.25) is 11.8 Å². The van der Waals surface area contributed by atoms with Crippen molar-refractivity contribution in [1.29, 1.82) is 0 Å². The molecular weight excluding hydrogens is 278 g/mol. The highest BCUT2D eigenvalue weighted by Crippen LogP contribution is 2.11. The van der Waals surface area contributed by atoms with Gasteiger partial charge in [0, 0.05) is 32.6 Å². The first-order valence-electron chi connectivity index (χ1n) is 8.00. The minimum Gasteiger partial charge on any atom is -0.340 e. The Balaban J connectivity index is 1.88. The summed E-state index contributed by atoms with van der Waals surface area (Å²) in [5.41, 5.74) is 6.82. The summed E-state index contributed by atoms with van der Waals surface area (Å²) in [5, 5.41) is 0. The second-order valence-corrected chi connectivity index (χ2v) is 5.68. The molecule has 0 aliphatic carbocycles. The number of carbonyl (C=O) groups is 2. The zero-order valence-corrected chi connectivity index (χ0v) is 13.0. The van der Waals surface area contributed by atoms with Crippen LogP contribution in [0.5, 0.6) is 0 Å². The van der Waals surface area contributed by atoms with Crippen LogP contribution in [0.3, 0.4) is 0 Å². The van der Waals surface area contributed by atoms with Crippen molar-refractivity contribution in [3.63, 3.8) is 0 Å². The molecule has 1 aromatic rings. The quantitative estimate of drug-likeness (QED) is 0.818. The summed E-state index contributed by atoms with van der Waals surface area (Å²) >= 11 is 0. The third kappa shape index (κ3) is 4.84. The fraction of sp³-hybridized carbons (Fsp3) is 0.529. The Morgan fingerprint density at radius 1 is 1.18 bits per heavy atom. The van der Waals surface area contributed by atoms with Crippen LogP contribution in [0.25, 0.3) is 0 Å². The highest BCUT2D eigenvalue weighted by molar-refractivity contribution is 5.85. The molecule has 1 heterocycles. The van der Waals surface area contributed by atoms with Gasteiger partial charge in [-0.15, -0.1) is 0 Å². The molecule has 2 amide bonds. The standard InChI is InChI=1S/C17H25N3O2/c18-10-13-19(12-9-15-6-2-1-3-7-15)17(22)14-20-11-5-4-8-16(20)21/h1-3,6-7H,4-5,8-14,18H2. The normalized spacial score (nSPS) is 15.0. The Labute approximate surface area is 132 Å². The zero-order chi connectivity index (χ0) is 15.8. The smallest absolute Gasteiger partial charge is 0.242 e. The highest BCUT2D eigenvalue weighted by Gasteiger charge is 2.23. The molecule has 22 heavy (non-hydrogen) atoms. The van der Waals surface area contributed by atoms with Crippen molar-refractivity contribution in [1.82, 2.24) is 9.80 Å². The molecule has 120 valence electrons. The van der Waals surface area contributed by atoms with Crippen molar-refractivity contribution in [2.24, 2.45) is 5.73 Å². The lowest BCUT2D eigenvalue weighted by atomic mass is 10.1. The van der Waals surface area contributed by atoms with Crippen LogP contribution in [0.15, 0.2) is 30.3 Å². The first-order chi connectivity index (χ1) is 10.7. The molecule has 0 unspecified atom stereocenters. The molecule has 2 N–H and O–H groups in total. The molecule has 0 atom stereocenters. The number of likely N-dealkylation sites (tertiary alicyclic amines) is 1. The lowest BCUT2D eigenvalue weighted by Crippen LogP contribution is -2.46. The van der Waals surface area contributed by atoms with Gasteiger partial charge in [0.1, 0.15) is 0 Å². The van der Waals surface area contributed by atoms with Crippen LogP contribution < -0.4 is 5.73 Å². The fourth-order valence-electron chi connectivity index (χ4n) is 2.72. The molecule has 1 aromatic carbocycles. The van der Waals surface area contributed by atoms with E-state index in [1.807, 2.05) is 18.2 Å². The van der Waals surface area contributed by atoms with Crippen molar-refractivity contribution in [3.8, 4) is 0 Å². The van der Waals surface area contributed by atoms with Gasteiger partial charge in [-0.05, 0) is 24.8 Å². The maximum absolute atomic E-state index is 12.4. The van der Waals surface area contributed by atoms with E-state index in [0.717, 1.165) is 19.3 Å². The van der Waals surface area contributed by atoms with Gasteiger partial charge in [-0.2, -0.15) is 0 Å². The molecule has 0 spiro atoms. The van der Waals surface area contributed by atoms with E-state index in [0.29, 0.717) is 32.6 Å². The molecule has 0 bridgehead atoms. The predicted molar refractivity (Wildman–Crippen MR) is 86.2 cm³/mol. The van der Waals surface area contributed by atoms with Crippen LogP contribution in [-0.4, -0.2) is 54.3 Å². The number of hydrogen-bond acceptors (Lipinski definition) is 3. The number of hydrogen-bond donors (Lipinski definition) is 1. The molecule has 1 aliphatic heterocycles. The Kier molecular flexibility index (Phi) is 6.40. The maximum atomic E-state index is 12.4. The van der Waals surface area contributed by atoms with Crippen molar-refractivity contribution in [2.45, 2.75) is 25.7 Å². The lowest BCUT2D eigenvalue weighted by molar-refractivity contribution is -0.141. The third-order valence-corrected chi connectivity index (χ3v) is 4.01.